The van der Waals surface area contributed by atoms with E-state index in [0.29, 0.717) is 24.4 Å². The van der Waals surface area contributed by atoms with E-state index in [1.54, 1.807) is 17.0 Å². The Morgan fingerprint density at radius 3 is 2.29 bits per heavy atom. The van der Waals surface area contributed by atoms with Crippen molar-refractivity contribution in [2.75, 3.05) is 6.54 Å². The Morgan fingerprint density at radius 1 is 0.871 bits per heavy atom. The highest BCUT2D eigenvalue weighted by Crippen LogP contribution is 2.40. The van der Waals surface area contributed by atoms with Crippen molar-refractivity contribution >= 4 is 17.7 Å². The zero-order valence-electron chi connectivity index (χ0n) is 17.6. The number of hydrogen-bond acceptors (Lipinski definition) is 3. The van der Waals surface area contributed by atoms with Gasteiger partial charge in [-0.1, -0.05) is 61.4 Å². The molecule has 3 amide bonds. The van der Waals surface area contributed by atoms with Crippen LogP contribution < -0.4 is 10.6 Å². The fourth-order valence-electron chi connectivity index (χ4n) is 4.86. The molecule has 0 radical (unpaired) electrons. The quantitative estimate of drug-likeness (QED) is 0.756. The summed E-state index contributed by atoms with van der Waals surface area (Å²) in [5, 5.41) is 5.58. The number of nitrogens with one attached hydrogen (secondary N) is 2. The Hall–Kier alpha value is -3.15. The SMILES string of the molecule is O=C(CNC(=O)C1CC2CCCCC2N1C(=O)c1ccccc1)NCc1ccccc1. The molecule has 0 aromatic heterocycles. The molecule has 0 spiro atoms. The minimum Gasteiger partial charge on any atom is -0.350 e. The number of nitrogens with zero attached hydrogens (tertiary/aromatic N) is 1. The monoisotopic (exact) mass is 419 g/mol. The van der Waals surface area contributed by atoms with Gasteiger partial charge < -0.3 is 15.5 Å². The van der Waals surface area contributed by atoms with Gasteiger partial charge in [-0.05, 0) is 42.9 Å². The van der Waals surface area contributed by atoms with Crippen molar-refractivity contribution in [3.8, 4) is 0 Å². The van der Waals surface area contributed by atoms with Gasteiger partial charge in [0.05, 0.1) is 6.54 Å². The van der Waals surface area contributed by atoms with Gasteiger partial charge in [0.1, 0.15) is 6.04 Å². The summed E-state index contributed by atoms with van der Waals surface area (Å²) in [7, 11) is 0. The smallest absolute Gasteiger partial charge is 0.254 e. The number of amides is 3. The molecule has 1 aliphatic heterocycles. The average molecular weight is 420 g/mol. The summed E-state index contributed by atoms with van der Waals surface area (Å²) in [5.41, 5.74) is 1.61. The van der Waals surface area contributed by atoms with Crippen LogP contribution in [0.5, 0.6) is 0 Å². The van der Waals surface area contributed by atoms with Crippen molar-refractivity contribution in [3.63, 3.8) is 0 Å². The summed E-state index contributed by atoms with van der Waals surface area (Å²) in [4.78, 5) is 40.3. The molecule has 6 heteroatoms. The molecule has 1 saturated carbocycles. The summed E-state index contributed by atoms with van der Waals surface area (Å²) in [6.07, 6.45) is 4.87. The average Bonchev–Trinajstić information content (AvgIpc) is 3.21. The van der Waals surface area contributed by atoms with E-state index in [0.717, 1.165) is 31.2 Å². The molecule has 1 heterocycles. The normalized spacial score (nSPS) is 22.5. The van der Waals surface area contributed by atoms with Crippen LogP contribution in [-0.4, -0.2) is 41.2 Å². The topological polar surface area (TPSA) is 78.5 Å². The largest absolute Gasteiger partial charge is 0.350 e. The van der Waals surface area contributed by atoms with E-state index in [2.05, 4.69) is 10.6 Å². The van der Waals surface area contributed by atoms with Crippen LogP contribution in [-0.2, 0) is 16.1 Å². The standard InChI is InChI=1S/C25H29N3O3/c29-23(26-16-18-9-3-1-4-10-18)17-27-24(30)22-15-20-13-7-8-14-21(20)28(22)25(31)19-11-5-2-6-12-19/h1-6,9-12,20-22H,7-8,13-17H2,(H,26,29)(H,27,30). The number of hydrogen-bond donors (Lipinski definition) is 2. The molecular weight excluding hydrogens is 390 g/mol. The molecule has 162 valence electrons. The molecule has 0 bridgehead atoms. The Balaban J connectivity index is 1.39. The highest BCUT2D eigenvalue weighted by molar-refractivity contribution is 5.98. The lowest BCUT2D eigenvalue weighted by atomic mass is 9.84. The Bertz CT molecular complexity index is 916. The number of rotatable bonds is 6. The summed E-state index contributed by atoms with van der Waals surface area (Å²) in [6, 6.07) is 18.4. The van der Waals surface area contributed by atoms with Crippen LogP contribution in [0.25, 0.3) is 0 Å². The van der Waals surface area contributed by atoms with Crippen molar-refractivity contribution in [1.29, 1.82) is 0 Å². The van der Waals surface area contributed by atoms with Crippen LogP contribution in [0, 0.1) is 5.92 Å². The maximum Gasteiger partial charge on any atom is 0.254 e. The predicted molar refractivity (Wildman–Crippen MR) is 118 cm³/mol. The highest BCUT2D eigenvalue weighted by Gasteiger charge is 2.47. The fourth-order valence-corrected chi connectivity index (χ4v) is 4.86. The Kier molecular flexibility index (Phi) is 6.65. The molecule has 2 fully saturated rings. The molecule has 31 heavy (non-hydrogen) atoms. The van der Waals surface area contributed by atoms with Gasteiger partial charge in [-0.15, -0.1) is 0 Å². The Morgan fingerprint density at radius 2 is 1.55 bits per heavy atom. The van der Waals surface area contributed by atoms with Gasteiger partial charge in [-0.25, -0.2) is 0 Å². The van der Waals surface area contributed by atoms with Crippen LogP contribution in [0.15, 0.2) is 60.7 Å². The van der Waals surface area contributed by atoms with E-state index in [-0.39, 0.29) is 30.3 Å². The first-order valence-electron chi connectivity index (χ1n) is 11.1. The first-order valence-corrected chi connectivity index (χ1v) is 11.1. The third-order valence-electron chi connectivity index (χ3n) is 6.40. The van der Waals surface area contributed by atoms with E-state index < -0.39 is 6.04 Å². The fraction of sp³-hybridized carbons (Fsp3) is 0.400. The molecule has 2 aromatic carbocycles. The zero-order valence-corrected chi connectivity index (χ0v) is 17.6. The third kappa shape index (κ3) is 4.95. The van der Waals surface area contributed by atoms with E-state index >= 15 is 0 Å². The van der Waals surface area contributed by atoms with Gasteiger partial charge in [-0.3, -0.25) is 14.4 Å². The second-order valence-electron chi connectivity index (χ2n) is 8.42. The maximum absolute atomic E-state index is 13.3. The molecule has 2 aliphatic rings. The first-order chi connectivity index (χ1) is 15.1. The zero-order chi connectivity index (χ0) is 21.6. The van der Waals surface area contributed by atoms with Crippen molar-refractivity contribution in [1.82, 2.24) is 15.5 Å². The van der Waals surface area contributed by atoms with E-state index in [4.69, 9.17) is 0 Å². The van der Waals surface area contributed by atoms with Crippen molar-refractivity contribution in [2.45, 2.75) is 50.7 Å². The van der Waals surface area contributed by atoms with Gasteiger partial charge in [0.15, 0.2) is 0 Å². The van der Waals surface area contributed by atoms with Crippen LogP contribution in [0.4, 0.5) is 0 Å². The van der Waals surface area contributed by atoms with Crippen molar-refractivity contribution < 1.29 is 14.4 Å². The number of fused-ring (bicyclic) bond motifs is 1. The van der Waals surface area contributed by atoms with Gasteiger partial charge in [0, 0.05) is 18.2 Å². The van der Waals surface area contributed by atoms with Crippen LogP contribution in [0.1, 0.15) is 48.0 Å². The lowest BCUT2D eigenvalue weighted by molar-refractivity contribution is -0.128. The number of likely N-dealkylation sites (tertiary alicyclic amines) is 1. The minimum absolute atomic E-state index is 0.0924. The molecule has 3 atom stereocenters. The second kappa shape index (κ2) is 9.77. The summed E-state index contributed by atoms with van der Waals surface area (Å²) < 4.78 is 0. The lowest BCUT2D eigenvalue weighted by Crippen LogP contribution is -2.51. The van der Waals surface area contributed by atoms with Gasteiger partial charge in [-0.2, -0.15) is 0 Å². The number of carbonyl (C=O) groups is 3. The third-order valence-corrected chi connectivity index (χ3v) is 6.40. The van der Waals surface area contributed by atoms with Crippen LogP contribution in [0.3, 0.4) is 0 Å². The maximum atomic E-state index is 13.3. The lowest BCUT2D eigenvalue weighted by Gasteiger charge is -2.33. The summed E-state index contributed by atoms with van der Waals surface area (Å²) >= 11 is 0. The first kappa shape index (κ1) is 21.1. The molecular formula is C25H29N3O3. The van der Waals surface area contributed by atoms with Crippen LogP contribution >= 0.6 is 0 Å². The van der Waals surface area contributed by atoms with Crippen molar-refractivity contribution in [2.24, 2.45) is 5.92 Å². The molecule has 6 nitrogen and oxygen atoms in total. The second-order valence-corrected chi connectivity index (χ2v) is 8.42. The van der Waals surface area contributed by atoms with Crippen LogP contribution in [0.2, 0.25) is 0 Å². The van der Waals surface area contributed by atoms with Gasteiger partial charge in [0.25, 0.3) is 5.91 Å². The summed E-state index contributed by atoms with van der Waals surface area (Å²) in [5.74, 6) is -0.227. The molecule has 2 N–H and O–H groups in total. The van der Waals surface area contributed by atoms with E-state index in [1.165, 1.54) is 0 Å². The molecule has 1 saturated heterocycles. The number of carbonyl (C=O) groups excluding carboxylic acids is 3. The van der Waals surface area contributed by atoms with Gasteiger partial charge >= 0.3 is 0 Å². The highest BCUT2D eigenvalue weighted by atomic mass is 16.2. The molecule has 4 rings (SSSR count). The van der Waals surface area contributed by atoms with E-state index in [9.17, 15) is 14.4 Å². The minimum atomic E-state index is -0.525. The molecule has 2 aromatic rings. The molecule has 3 unspecified atom stereocenters. The summed E-state index contributed by atoms with van der Waals surface area (Å²) in [6.45, 7) is 0.326. The van der Waals surface area contributed by atoms with E-state index in [1.807, 2.05) is 48.5 Å². The Labute approximate surface area is 183 Å². The predicted octanol–water partition coefficient (Wildman–Crippen LogP) is 2.89. The molecule has 1 aliphatic carbocycles. The van der Waals surface area contributed by atoms with Crippen molar-refractivity contribution in [3.05, 3.63) is 71.8 Å². The van der Waals surface area contributed by atoms with Gasteiger partial charge in [0.2, 0.25) is 11.8 Å². The number of benzene rings is 2.